The van der Waals surface area contributed by atoms with Crippen molar-refractivity contribution in [1.29, 1.82) is 0 Å². The van der Waals surface area contributed by atoms with Crippen LogP contribution < -0.4 is 0 Å². The first-order valence-corrected chi connectivity index (χ1v) is 20.7. The molecule has 0 N–H and O–H groups in total. The molecule has 2 aromatic heterocycles. The predicted molar refractivity (Wildman–Crippen MR) is 254 cm³/mol. The van der Waals surface area contributed by atoms with Gasteiger partial charge in [0, 0.05) is 22.2 Å². The Labute approximate surface area is 355 Å². The summed E-state index contributed by atoms with van der Waals surface area (Å²) in [5.41, 5.74) is 18.6. The van der Waals surface area contributed by atoms with Crippen molar-refractivity contribution in [2.45, 2.75) is 0 Å². The van der Waals surface area contributed by atoms with Gasteiger partial charge in [0.25, 0.3) is 0 Å². The lowest BCUT2D eigenvalue weighted by Crippen LogP contribution is -2.00. The van der Waals surface area contributed by atoms with Gasteiger partial charge in [-0.15, -0.1) is 0 Å². The van der Waals surface area contributed by atoms with Crippen LogP contribution in [0.5, 0.6) is 0 Å². The molecule has 0 atom stereocenters. The lowest BCUT2D eigenvalue weighted by atomic mass is 9.96. The van der Waals surface area contributed by atoms with Gasteiger partial charge in [0.15, 0.2) is 5.82 Å². The summed E-state index contributed by atoms with van der Waals surface area (Å²) in [4.78, 5) is 11.0. The third-order valence-electron chi connectivity index (χ3n) is 11.6. The second-order valence-electron chi connectivity index (χ2n) is 15.4. The Morgan fingerprint density at radius 3 is 1.23 bits per heavy atom. The van der Waals surface area contributed by atoms with E-state index in [1.807, 2.05) is 0 Å². The molecule has 0 aliphatic heterocycles. The van der Waals surface area contributed by atoms with Gasteiger partial charge in [-0.25, -0.2) is 9.97 Å². The molecule has 0 bridgehead atoms. The van der Waals surface area contributed by atoms with E-state index in [0.717, 1.165) is 66.7 Å². The van der Waals surface area contributed by atoms with Crippen LogP contribution in [-0.2, 0) is 0 Å². The monoisotopic (exact) mass is 777 g/mol. The predicted octanol–water partition coefficient (Wildman–Crippen LogP) is 15.2. The Kier molecular flexibility index (Phi) is 9.18. The van der Waals surface area contributed by atoms with Gasteiger partial charge in [-0.2, -0.15) is 0 Å². The van der Waals surface area contributed by atoms with E-state index in [1.54, 1.807) is 0 Å². The van der Waals surface area contributed by atoms with Crippen LogP contribution in [0.4, 0.5) is 0 Å². The second-order valence-corrected chi connectivity index (χ2v) is 15.4. The zero-order chi connectivity index (χ0) is 40.5. The molecule has 0 aliphatic rings. The third-order valence-corrected chi connectivity index (χ3v) is 11.6. The molecule has 9 aromatic carbocycles. The molecule has 0 saturated heterocycles. The fourth-order valence-electron chi connectivity index (χ4n) is 8.58. The standard InChI is InChI=1S/C58H39N3/c1-4-16-40(17-5-1)42-32-34-43(35-33-42)45-21-13-23-47(37-45)49-25-15-27-51(39-49)58-59-55(57-56(60-58)53-30-10-11-31-54(53)61(57)52-28-8-3-9-29-52)50-26-14-24-48(38-50)46-22-12-20-44(36-46)41-18-6-2-7-19-41/h1-39H. The Morgan fingerprint density at radius 2 is 0.656 bits per heavy atom. The number of rotatable bonds is 8. The van der Waals surface area contributed by atoms with Crippen molar-refractivity contribution >= 4 is 21.9 Å². The van der Waals surface area contributed by atoms with Gasteiger partial charge in [0.2, 0.25) is 0 Å². The zero-order valence-electron chi connectivity index (χ0n) is 33.4. The van der Waals surface area contributed by atoms with E-state index in [0.29, 0.717) is 5.82 Å². The maximum atomic E-state index is 5.52. The highest BCUT2D eigenvalue weighted by Gasteiger charge is 2.21. The topological polar surface area (TPSA) is 30.7 Å². The summed E-state index contributed by atoms with van der Waals surface area (Å²) in [6.07, 6.45) is 0. The highest BCUT2D eigenvalue weighted by molar-refractivity contribution is 6.11. The van der Waals surface area contributed by atoms with Crippen molar-refractivity contribution in [1.82, 2.24) is 14.5 Å². The minimum absolute atomic E-state index is 0.685. The van der Waals surface area contributed by atoms with E-state index in [4.69, 9.17) is 9.97 Å². The summed E-state index contributed by atoms with van der Waals surface area (Å²) >= 11 is 0. The summed E-state index contributed by atoms with van der Waals surface area (Å²) < 4.78 is 2.32. The van der Waals surface area contributed by atoms with Gasteiger partial charge < -0.3 is 4.57 Å². The van der Waals surface area contributed by atoms with E-state index in [-0.39, 0.29) is 0 Å². The molecule has 286 valence electrons. The normalized spacial score (nSPS) is 11.3. The summed E-state index contributed by atoms with van der Waals surface area (Å²) in [7, 11) is 0. The zero-order valence-corrected chi connectivity index (χ0v) is 33.4. The molecule has 3 nitrogen and oxygen atoms in total. The molecule has 2 heterocycles. The largest absolute Gasteiger partial charge is 0.306 e. The van der Waals surface area contributed by atoms with Gasteiger partial charge in [0.1, 0.15) is 5.52 Å². The van der Waals surface area contributed by atoms with Crippen LogP contribution in [0.1, 0.15) is 0 Å². The van der Waals surface area contributed by atoms with Crippen LogP contribution >= 0.6 is 0 Å². The number of hydrogen-bond donors (Lipinski definition) is 0. The Balaban J connectivity index is 1.05. The lowest BCUT2D eigenvalue weighted by Gasteiger charge is -2.14. The van der Waals surface area contributed by atoms with Crippen molar-refractivity contribution in [3.63, 3.8) is 0 Å². The summed E-state index contributed by atoms with van der Waals surface area (Å²) in [5.74, 6) is 0.685. The molecule has 0 saturated carbocycles. The molecule has 0 radical (unpaired) electrons. The summed E-state index contributed by atoms with van der Waals surface area (Å²) in [5, 5.41) is 1.08. The fourth-order valence-corrected chi connectivity index (χ4v) is 8.58. The Morgan fingerprint density at radius 1 is 0.279 bits per heavy atom. The first-order valence-electron chi connectivity index (χ1n) is 20.7. The number of nitrogens with zero attached hydrogens (tertiary/aromatic N) is 3. The molecular formula is C58H39N3. The van der Waals surface area contributed by atoms with Gasteiger partial charge in [0.05, 0.1) is 16.7 Å². The number of aromatic nitrogens is 3. The molecule has 0 spiro atoms. The smallest absolute Gasteiger partial charge is 0.160 e. The number of hydrogen-bond acceptors (Lipinski definition) is 2. The van der Waals surface area contributed by atoms with Crippen LogP contribution in [0.3, 0.4) is 0 Å². The molecule has 11 rings (SSSR count). The van der Waals surface area contributed by atoms with E-state index in [2.05, 4.69) is 241 Å². The summed E-state index contributed by atoms with van der Waals surface area (Å²) in [6.45, 7) is 0. The minimum atomic E-state index is 0.685. The van der Waals surface area contributed by atoms with Crippen LogP contribution in [0.15, 0.2) is 237 Å². The van der Waals surface area contributed by atoms with Gasteiger partial charge in [-0.05, 0) is 98.1 Å². The van der Waals surface area contributed by atoms with Crippen LogP contribution in [0.2, 0.25) is 0 Å². The first kappa shape index (κ1) is 36.0. The SMILES string of the molecule is c1ccc(-c2ccc(-c3cccc(-c4cccc(-c5nc(-c6cccc(-c7cccc(-c8ccccc8)c7)c6)c6c(n5)c5ccccc5n6-c5ccccc5)c4)c3)cc2)cc1. The highest BCUT2D eigenvalue weighted by atomic mass is 15.0. The minimum Gasteiger partial charge on any atom is -0.306 e. The third kappa shape index (κ3) is 6.88. The molecule has 11 aromatic rings. The molecule has 0 fully saturated rings. The Hall–Kier alpha value is -8.14. The molecular weight excluding hydrogens is 739 g/mol. The van der Waals surface area contributed by atoms with Crippen molar-refractivity contribution in [3.05, 3.63) is 237 Å². The first-order chi connectivity index (χ1) is 30.2. The number of para-hydroxylation sites is 2. The van der Waals surface area contributed by atoms with Crippen molar-refractivity contribution in [2.24, 2.45) is 0 Å². The number of benzene rings is 9. The van der Waals surface area contributed by atoms with Crippen LogP contribution in [-0.4, -0.2) is 14.5 Å². The van der Waals surface area contributed by atoms with E-state index in [9.17, 15) is 0 Å². The molecule has 0 amide bonds. The summed E-state index contributed by atoms with van der Waals surface area (Å²) in [6, 6.07) is 84.0. The van der Waals surface area contributed by atoms with Gasteiger partial charge >= 0.3 is 0 Å². The molecule has 3 heteroatoms. The maximum Gasteiger partial charge on any atom is 0.160 e. The van der Waals surface area contributed by atoms with Gasteiger partial charge in [-0.3, -0.25) is 0 Å². The second kappa shape index (κ2) is 15.6. The van der Waals surface area contributed by atoms with E-state index >= 15 is 0 Å². The maximum absolute atomic E-state index is 5.52. The van der Waals surface area contributed by atoms with E-state index in [1.165, 1.54) is 33.4 Å². The van der Waals surface area contributed by atoms with Crippen molar-refractivity contribution in [3.8, 4) is 84.0 Å². The van der Waals surface area contributed by atoms with Gasteiger partial charge in [-0.1, -0.05) is 194 Å². The molecule has 0 unspecified atom stereocenters. The van der Waals surface area contributed by atoms with Crippen molar-refractivity contribution < 1.29 is 0 Å². The average Bonchev–Trinajstić information content (AvgIpc) is 3.69. The van der Waals surface area contributed by atoms with Crippen molar-refractivity contribution in [2.75, 3.05) is 0 Å². The Bertz CT molecular complexity index is 3330. The average molecular weight is 778 g/mol. The van der Waals surface area contributed by atoms with E-state index < -0.39 is 0 Å². The fraction of sp³-hybridized carbons (Fsp3) is 0. The number of fused-ring (bicyclic) bond motifs is 3. The van der Waals surface area contributed by atoms with Crippen LogP contribution in [0.25, 0.3) is 106 Å². The molecule has 61 heavy (non-hydrogen) atoms. The quantitative estimate of drug-likeness (QED) is 0.154. The van der Waals surface area contributed by atoms with Crippen LogP contribution in [0, 0.1) is 0 Å². The highest BCUT2D eigenvalue weighted by Crippen LogP contribution is 2.40. The molecule has 0 aliphatic carbocycles. The lowest BCUT2D eigenvalue weighted by molar-refractivity contribution is 1.15.